The number of halogens is 1. The zero-order valence-electron chi connectivity index (χ0n) is 9.35. The minimum Gasteiger partial charge on any atom is -0.368 e. The summed E-state index contributed by atoms with van der Waals surface area (Å²) in [5.41, 5.74) is 6.50. The number of rotatable bonds is 3. The lowest BCUT2D eigenvalue weighted by Gasteiger charge is -2.18. The molecule has 0 fully saturated rings. The summed E-state index contributed by atoms with van der Waals surface area (Å²) < 4.78 is 13.1. The molecule has 0 atom stereocenters. The number of primary amides is 1. The number of hydrogen-bond donors (Lipinski definition) is 1. The third kappa shape index (κ3) is 2.33. The van der Waals surface area contributed by atoms with Crippen LogP contribution in [-0.4, -0.2) is 24.5 Å². The molecule has 0 aliphatic carbocycles. The fourth-order valence-electron chi connectivity index (χ4n) is 1.76. The number of carbonyl (C=O) groups excluding carboxylic acids is 1. The van der Waals surface area contributed by atoms with Crippen LogP contribution in [0.5, 0.6) is 0 Å². The van der Waals surface area contributed by atoms with E-state index in [-0.39, 0.29) is 12.4 Å². The van der Waals surface area contributed by atoms with Gasteiger partial charge < -0.3 is 10.6 Å². The molecule has 0 bridgehead atoms. The van der Waals surface area contributed by atoms with Gasteiger partial charge in [0, 0.05) is 30.4 Å². The number of fused-ring (bicyclic) bond motifs is 1. The van der Waals surface area contributed by atoms with Crippen molar-refractivity contribution in [1.29, 1.82) is 0 Å². The number of nitrogens with two attached hydrogens (primary N) is 1. The molecule has 0 saturated carbocycles. The van der Waals surface area contributed by atoms with Gasteiger partial charge in [0.25, 0.3) is 0 Å². The van der Waals surface area contributed by atoms with E-state index in [1.54, 1.807) is 30.3 Å². The van der Waals surface area contributed by atoms with Crippen molar-refractivity contribution in [3.63, 3.8) is 0 Å². The molecule has 1 aromatic heterocycles. The normalized spacial score (nSPS) is 10.5. The van der Waals surface area contributed by atoms with Gasteiger partial charge in [0.05, 0.1) is 12.1 Å². The van der Waals surface area contributed by atoms with Gasteiger partial charge in [0.1, 0.15) is 5.82 Å². The van der Waals surface area contributed by atoms with Crippen molar-refractivity contribution < 1.29 is 9.18 Å². The van der Waals surface area contributed by atoms with E-state index in [1.165, 1.54) is 12.1 Å². The number of likely N-dealkylation sites (N-methyl/N-ethyl adjacent to an activating group) is 1. The summed E-state index contributed by atoms with van der Waals surface area (Å²) >= 11 is 0. The van der Waals surface area contributed by atoms with E-state index in [2.05, 4.69) is 4.98 Å². The summed E-state index contributed by atoms with van der Waals surface area (Å²) in [6, 6.07) is 6.14. The predicted octanol–water partition coefficient (Wildman–Crippen LogP) is 1.30. The first kappa shape index (κ1) is 11.3. The SMILES string of the molecule is CN(CC(N)=O)c1ccnc2cc(F)ccc12. The van der Waals surface area contributed by atoms with Gasteiger partial charge in [-0.1, -0.05) is 0 Å². The summed E-state index contributed by atoms with van der Waals surface area (Å²) in [6.07, 6.45) is 1.58. The van der Waals surface area contributed by atoms with Gasteiger partial charge >= 0.3 is 0 Å². The number of carbonyl (C=O) groups is 1. The number of anilines is 1. The predicted molar refractivity (Wildman–Crippen MR) is 64.2 cm³/mol. The smallest absolute Gasteiger partial charge is 0.236 e. The van der Waals surface area contributed by atoms with Crippen LogP contribution in [0, 0.1) is 5.82 Å². The quantitative estimate of drug-likeness (QED) is 0.869. The highest BCUT2D eigenvalue weighted by atomic mass is 19.1. The van der Waals surface area contributed by atoms with Gasteiger partial charge in [-0.3, -0.25) is 9.78 Å². The third-order valence-corrected chi connectivity index (χ3v) is 2.49. The summed E-state index contributed by atoms with van der Waals surface area (Å²) in [5.74, 6) is -0.751. The average molecular weight is 233 g/mol. The minimum atomic E-state index is -0.417. The zero-order valence-corrected chi connectivity index (χ0v) is 9.35. The molecule has 2 N–H and O–H groups in total. The fraction of sp³-hybridized carbons (Fsp3) is 0.167. The second kappa shape index (κ2) is 4.37. The number of amides is 1. The van der Waals surface area contributed by atoms with Gasteiger partial charge in [-0.25, -0.2) is 4.39 Å². The highest BCUT2D eigenvalue weighted by Crippen LogP contribution is 2.24. The first-order chi connectivity index (χ1) is 8.08. The van der Waals surface area contributed by atoms with E-state index >= 15 is 0 Å². The highest BCUT2D eigenvalue weighted by Gasteiger charge is 2.09. The van der Waals surface area contributed by atoms with Crippen LogP contribution < -0.4 is 10.6 Å². The van der Waals surface area contributed by atoms with Crippen molar-refractivity contribution in [2.75, 3.05) is 18.5 Å². The topological polar surface area (TPSA) is 59.2 Å². The minimum absolute atomic E-state index is 0.108. The third-order valence-electron chi connectivity index (χ3n) is 2.49. The summed E-state index contributed by atoms with van der Waals surface area (Å²) in [6.45, 7) is 0.108. The monoisotopic (exact) mass is 233 g/mol. The van der Waals surface area contributed by atoms with Crippen molar-refractivity contribution >= 4 is 22.5 Å². The second-order valence-electron chi connectivity index (χ2n) is 3.81. The average Bonchev–Trinajstić information content (AvgIpc) is 2.26. The number of hydrogen-bond acceptors (Lipinski definition) is 3. The maximum atomic E-state index is 13.1. The Morgan fingerprint density at radius 3 is 2.94 bits per heavy atom. The Balaban J connectivity index is 2.50. The van der Waals surface area contributed by atoms with E-state index in [0.29, 0.717) is 5.52 Å². The van der Waals surface area contributed by atoms with E-state index in [9.17, 15) is 9.18 Å². The Labute approximate surface area is 97.9 Å². The number of aromatic nitrogens is 1. The molecule has 2 rings (SSSR count). The molecular weight excluding hydrogens is 221 g/mol. The molecule has 1 aromatic carbocycles. The molecule has 0 unspecified atom stereocenters. The lowest BCUT2D eigenvalue weighted by atomic mass is 10.1. The Morgan fingerprint density at radius 1 is 1.47 bits per heavy atom. The molecule has 88 valence electrons. The number of pyridine rings is 1. The van der Waals surface area contributed by atoms with Crippen molar-refractivity contribution in [1.82, 2.24) is 4.98 Å². The van der Waals surface area contributed by atoms with Gasteiger partial charge in [0.15, 0.2) is 0 Å². The lowest BCUT2D eigenvalue weighted by molar-refractivity contribution is -0.116. The molecule has 5 heteroatoms. The van der Waals surface area contributed by atoms with Crippen LogP contribution in [0.4, 0.5) is 10.1 Å². The molecule has 0 spiro atoms. The van der Waals surface area contributed by atoms with Crippen molar-refractivity contribution in [3.8, 4) is 0 Å². The summed E-state index contributed by atoms with van der Waals surface area (Å²) in [4.78, 5) is 16.7. The summed E-state index contributed by atoms with van der Waals surface area (Å²) in [7, 11) is 1.75. The molecule has 0 radical (unpaired) electrons. The molecule has 4 nitrogen and oxygen atoms in total. The first-order valence-electron chi connectivity index (χ1n) is 5.11. The lowest BCUT2D eigenvalue weighted by Crippen LogP contribution is -2.30. The maximum Gasteiger partial charge on any atom is 0.236 e. The van der Waals surface area contributed by atoms with E-state index in [4.69, 9.17) is 5.73 Å². The molecule has 17 heavy (non-hydrogen) atoms. The van der Waals surface area contributed by atoms with Crippen LogP contribution in [0.1, 0.15) is 0 Å². The van der Waals surface area contributed by atoms with Gasteiger partial charge in [-0.2, -0.15) is 0 Å². The Bertz CT molecular complexity index is 571. The standard InChI is InChI=1S/C12H12FN3O/c1-16(7-12(14)17)11-4-5-15-10-6-8(13)2-3-9(10)11/h2-6H,7H2,1H3,(H2,14,17). The van der Waals surface area contributed by atoms with Crippen molar-refractivity contribution in [2.45, 2.75) is 0 Å². The number of nitrogens with zero attached hydrogens (tertiary/aromatic N) is 2. The highest BCUT2D eigenvalue weighted by molar-refractivity contribution is 5.93. The second-order valence-corrected chi connectivity index (χ2v) is 3.81. The van der Waals surface area contributed by atoms with Crippen molar-refractivity contribution in [3.05, 3.63) is 36.3 Å². The van der Waals surface area contributed by atoms with E-state index in [0.717, 1.165) is 11.1 Å². The van der Waals surface area contributed by atoms with Crippen LogP contribution in [0.25, 0.3) is 10.9 Å². The molecule has 0 saturated heterocycles. The van der Waals surface area contributed by atoms with Crippen molar-refractivity contribution in [2.24, 2.45) is 5.73 Å². The first-order valence-corrected chi connectivity index (χ1v) is 5.11. The van der Waals surface area contributed by atoms with Crippen LogP contribution in [0.15, 0.2) is 30.5 Å². The molecule has 1 amide bonds. The van der Waals surface area contributed by atoms with Crippen LogP contribution in [-0.2, 0) is 4.79 Å². The van der Waals surface area contributed by atoms with Crippen LogP contribution >= 0.6 is 0 Å². The Kier molecular flexibility index (Phi) is 2.91. The Morgan fingerprint density at radius 2 is 2.24 bits per heavy atom. The largest absolute Gasteiger partial charge is 0.368 e. The van der Waals surface area contributed by atoms with Gasteiger partial charge in [0.2, 0.25) is 5.91 Å². The van der Waals surface area contributed by atoms with Gasteiger partial charge in [-0.05, 0) is 18.2 Å². The molecule has 0 aliphatic rings. The Hall–Kier alpha value is -2.17. The molecule has 1 heterocycles. The summed E-state index contributed by atoms with van der Waals surface area (Å²) in [5, 5.41) is 0.789. The molecule has 0 aliphatic heterocycles. The molecular formula is C12H12FN3O. The zero-order chi connectivity index (χ0) is 12.4. The number of benzene rings is 1. The maximum absolute atomic E-state index is 13.1. The van der Waals surface area contributed by atoms with Crippen LogP contribution in [0.3, 0.4) is 0 Å². The fourth-order valence-corrected chi connectivity index (χ4v) is 1.76. The molecule has 2 aromatic rings. The van der Waals surface area contributed by atoms with Gasteiger partial charge in [-0.15, -0.1) is 0 Å². The van der Waals surface area contributed by atoms with E-state index < -0.39 is 5.91 Å². The van der Waals surface area contributed by atoms with Crippen LogP contribution in [0.2, 0.25) is 0 Å². The van der Waals surface area contributed by atoms with E-state index in [1.807, 2.05) is 0 Å².